The van der Waals surface area contributed by atoms with Crippen molar-refractivity contribution in [2.75, 3.05) is 18.8 Å². The number of nitrogen functional groups attached to an aromatic ring is 1. The van der Waals surface area contributed by atoms with Crippen LogP contribution >= 0.6 is 0 Å². The third-order valence-corrected chi connectivity index (χ3v) is 7.71. The van der Waals surface area contributed by atoms with Crippen LogP contribution in [-0.2, 0) is 5.54 Å². The summed E-state index contributed by atoms with van der Waals surface area (Å²) < 4.78 is 2.53. The number of rotatable bonds is 4. The van der Waals surface area contributed by atoms with E-state index in [2.05, 4.69) is 26.7 Å². The molecule has 2 aromatic rings. The van der Waals surface area contributed by atoms with E-state index in [0.717, 1.165) is 42.8 Å². The molecule has 7 rings (SSSR count). The summed E-state index contributed by atoms with van der Waals surface area (Å²) in [6.07, 6.45) is 12.2. The predicted molar refractivity (Wildman–Crippen MR) is 108 cm³/mol. The number of aromatic nitrogens is 3. The van der Waals surface area contributed by atoms with Gasteiger partial charge in [-0.1, -0.05) is 0 Å². The van der Waals surface area contributed by atoms with E-state index in [-0.39, 0.29) is 11.6 Å². The normalized spacial score (nSPS) is 32.8. The Hall–Kier alpha value is -1.92. The van der Waals surface area contributed by atoms with Crippen LogP contribution in [0.5, 0.6) is 0 Å². The van der Waals surface area contributed by atoms with Gasteiger partial charge >= 0.3 is 0 Å². The predicted octanol–water partition coefficient (Wildman–Crippen LogP) is 2.80. The van der Waals surface area contributed by atoms with Crippen LogP contribution in [0.1, 0.15) is 62.3 Å². The SMILES string of the molecule is Cc1cc(-c2cn(C34CC(N5CCC(O)CC5)(C3)C4)c(C3CC3)n2)cnc1N. The first-order chi connectivity index (χ1) is 13.5. The van der Waals surface area contributed by atoms with E-state index >= 15 is 0 Å². The van der Waals surface area contributed by atoms with Crippen LogP contribution in [0.4, 0.5) is 5.82 Å². The maximum atomic E-state index is 9.82. The Labute approximate surface area is 165 Å². The second-order valence-corrected chi connectivity index (χ2v) is 9.75. The lowest BCUT2D eigenvalue weighted by Gasteiger charge is -2.75. The molecule has 2 bridgehead atoms. The molecule has 3 N–H and O–H groups in total. The van der Waals surface area contributed by atoms with Crippen molar-refractivity contribution in [1.82, 2.24) is 19.4 Å². The minimum atomic E-state index is -0.0905. The monoisotopic (exact) mass is 379 g/mol. The molecule has 2 aromatic heterocycles. The highest BCUT2D eigenvalue weighted by Crippen LogP contribution is 2.69. The molecule has 4 saturated carbocycles. The lowest BCUT2D eigenvalue weighted by atomic mass is 9.43. The quantitative estimate of drug-likeness (QED) is 0.854. The third-order valence-electron chi connectivity index (χ3n) is 7.71. The fourth-order valence-electron chi connectivity index (χ4n) is 5.88. The number of pyridine rings is 1. The van der Waals surface area contributed by atoms with E-state index in [4.69, 9.17) is 10.7 Å². The summed E-state index contributed by atoms with van der Waals surface area (Å²) in [7, 11) is 0. The number of nitrogens with two attached hydrogens (primary N) is 1. The Kier molecular flexibility index (Phi) is 3.38. The number of aryl methyl sites for hydroxylation is 1. The van der Waals surface area contributed by atoms with Gasteiger partial charge in [-0.2, -0.15) is 0 Å². The number of aliphatic hydroxyl groups excluding tert-OH is 1. The van der Waals surface area contributed by atoms with E-state index in [1.54, 1.807) is 0 Å². The van der Waals surface area contributed by atoms with E-state index in [0.29, 0.717) is 17.3 Å². The highest BCUT2D eigenvalue weighted by molar-refractivity contribution is 5.61. The molecular weight excluding hydrogens is 350 g/mol. The maximum absolute atomic E-state index is 9.82. The second kappa shape index (κ2) is 5.57. The second-order valence-electron chi connectivity index (χ2n) is 9.75. The summed E-state index contributed by atoms with van der Waals surface area (Å²) in [5.74, 6) is 2.51. The fourth-order valence-corrected chi connectivity index (χ4v) is 5.88. The Morgan fingerprint density at radius 1 is 1.11 bits per heavy atom. The highest BCUT2D eigenvalue weighted by atomic mass is 16.3. The summed E-state index contributed by atoms with van der Waals surface area (Å²) >= 11 is 0. The van der Waals surface area contributed by atoms with Gasteiger partial charge in [-0.15, -0.1) is 0 Å². The largest absolute Gasteiger partial charge is 0.393 e. The average Bonchev–Trinajstić information content (AvgIpc) is 3.37. The molecule has 28 heavy (non-hydrogen) atoms. The molecule has 6 nitrogen and oxygen atoms in total. The van der Waals surface area contributed by atoms with Crippen LogP contribution in [0.25, 0.3) is 11.3 Å². The minimum absolute atomic E-state index is 0.0905. The first-order valence-electron chi connectivity index (χ1n) is 10.7. The van der Waals surface area contributed by atoms with Crippen LogP contribution in [0.3, 0.4) is 0 Å². The van der Waals surface area contributed by atoms with Crippen molar-refractivity contribution in [3.63, 3.8) is 0 Å². The Morgan fingerprint density at radius 3 is 2.46 bits per heavy atom. The van der Waals surface area contributed by atoms with Gasteiger partial charge in [0.15, 0.2) is 0 Å². The van der Waals surface area contributed by atoms with Gasteiger partial charge in [-0.25, -0.2) is 9.97 Å². The third kappa shape index (κ3) is 2.34. The van der Waals surface area contributed by atoms with Crippen LogP contribution < -0.4 is 5.73 Å². The minimum Gasteiger partial charge on any atom is -0.393 e. The van der Waals surface area contributed by atoms with Crippen LogP contribution in [-0.4, -0.2) is 49.3 Å². The number of piperidine rings is 1. The molecule has 5 aliphatic rings. The number of anilines is 1. The molecule has 0 spiro atoms. The molecule has 0 radical (unpaired) electrons. The molecule has 0 unspecified atom stereocenters. The van der Waals surface area contributed by atoms with Crippen molar-refractivity contribution >= 4 is 5.82 Å². The van der Waals surface area contributed by atoms with Crippen molar-refractivity contribution in [2.24, 2.45) is 0 Å². The first kappa shape index (κ1) is 17.0. The van der Waals surface area contributed by atoms with E-state index in [1.165, 1.54) is 37.9 Å². The Morgan fingerprint density at radius 2 is 1.82 bits per heavy atom. The lowest BCUT2D eigenvalue weighted by molar-refractivity contribution is -0.214. The number of nitrogens with zero attached hydrogens (tertiary/aromatic N) is 4. The highest BCUT2D eigenvalue weighted by Gasteiger charge is 2.71. The van der Waals surface area contributed by atoms with Crippen molar-refractivity contribution in [3.05, 3.63) is 29.8 Å². The van der Waals surface area contributed by atoms with Crippen LogP contribution in [0.2, 0.25) is 0 Å². The molecule has 0 amide bonds. The summed E-state index contributed by atoms with van der Waals surface area (Å²) in [6.45, 7) is 4.11. The number of imidazole rings is 1. The Bertz CT molecular complexity index is 919. The van der Waals surface area contributed by atoms with Gasteiger partial charge in [-0.3, -0.25) is 4.90 Å². The molecule has 3 heterocycles. The molecule has 1 saturated heterocycles. The van der Waals surface area contributed by atoms with Crippen molar-refractivity contribution < 1.29 is 5.11 Å². The standard InChI is InChI=1S/C22H29N5O/c1-14-8-16(9-24-19(14)23)18-10-27(20(25-18)15-2-3-15)22-11-21(12-22,13-22)26-6-4-17(28)5-7-26/h8-10,15,17,28H,2-7,11-13H2,1H3,(H2,23,24). The maximum Gasteiger partial charge on any atom is 0.126 e. The van der Waals surface area contributed by atoms with Gasteiger partial charge in [-0.05, 0) is 63.5 Å². The molecule has 148 valence electrons. The molecule has 1 aliphatic heterocycles. The van der Waals surface area contributed by atoms with E-state index < -0.39 is 0 Å². The molecule has 4 aliphatic carbocycles. The van der Waals surface area contributed by atoms with Crippen LogP contribution in [0.15, 0.2) is 18.5 Å². The van der Waals surface area contributed by atoms with Gasteiger partial charge in [0.25, 0.3) is 0 Å². The first-order valence-corrected chi connectivity index (χ1v) is 10.7. The zero-order valence-corrected chi connectivity index (χ0v) is 16.6. The summed E-state index contributed by atoms with van der Waals surface area (Å²) in [5.41, 5.74) is 9.69. The molecule has 0 aromatic carbocycles. The van der Waals surface area contributed by atoms with Gasteiger partial charge < -0.3 is 15.4 Å². The summed E-state index contributed by atoms with van der Waals surface area (Å²) in [5, 5.41) is 9.82. The molecular formula is C22H29N5O. The van der Waals surface area contributed by atoms with Crippen LogP contribution in [0, 0.1) is 6.92 Å². The van der Waals surface area contributed by atoms with Gasteiger partial charge in [0, 0.05) is 42.5 Å². The van der Waals surface area contributed by atoms with Gasteiger partial charge in [0.2, 0.25) is 0 Å². The lowest BCUT2D eigenvalue weighted by Crippen LogP contribution is -2.79. The van der Waals surface area contributed by atoms with Crippen molar-refractivity contribution in [2.45, 2.75) is 75.0 Å². The topological polar surface area (TPSA) is 80.2 Å². The smallest absolute Gasteiger partial charge is 0.126 e. The number of hydrogen-bond acceptors (Lipinski definition) is 5. The molecule has 5 fully saturated rings. The van der Waals surface area contributed by atoms with E-state index in [1.807, 2.05) is 13.1 Å². The van der Waals surface area contributed by atoms with Gasteiger partial charge in [0.05, 0.1) is 17.3 Å². The molecule has 6 heteroatoms. The summed E-state index contributed by atoms with van der Waals surface area (Å²) in [6, 6.07) is 2.11. The average molecular weight is 380 g/mol. The Balaban J connectivity index is 1.28. The number of likely N-dealkylation sites (tertiary alicyclic amines) is 1. The van der Waals surface area contributed by atoms with Crippen molar-refractivity contribution in [1.29, 1.82) is 0 Å². The fraction of sp³-hybridized carbons (Fsp3) is 0.636. The van der Waals surface area contributed by atoms with E-state index in [9.17, 15) is 5.11 Å². The van der Waals surface area contributed by atoms with Gasteiger partial charge in [0.1, 0.15) is 11.6 Å². The zero-order valence-electron chi connectivity index (χ0n) is 16.6. The number of aliphatic hydroxyl groups is 1. The summed E-state index contributed by atoms with van der Waals surface area (Å²) in [4.78, 5) is 12.1. The zero-order chi connectivity index (χ0) is 19.1. The van der Waals surface area contributed by atoms with Crippen molar-refractivity contribution in [3.8, 4) is 11.3 Å². The molecule has 0 atom stereocenters. The number of hydrogen-bond donors (Lipinski definition) is 2.